The summed E-state index contributed by atoms with van der Waals surface area (Å²) in [5.41, 5.74) is 4.03. The third-order valence-corrected chi connectivity index (χ3v) is 3.83. The zero-order chi connectivity index (χ0) is 15.0. The lowest BCUT2D eigenvalue weighted by molar-refractivity contribution is -0.133. The van der Waals surface area contributed by atoms with Crippen LogP contribution in [0.1, 0.15) is 65.7 Å². The molecule has 2 heteroatoms. The maximum atomic E-state index is 12.7. The van der Waals surface area contributed by atoms with Crippen molar-refractivity contribution in [3.8, 4) is 0 Å². The summed E-state index contributed by atoms with van der Waals surface area (Å²) >= 11 is 0. The fourth-order valence-corrected chi connectivity index (χ4v) is 2.58. The van der Waals surface area contributed by atoms with Crippen molar-refractivity contribution in [2.24, 2.45) is 5.92 Å². The Morgan fingerprint density at radius 1 is 1.30 bits per heavy atom. The predicted molar refractivity (Wildman–Crippen MR) is 83.2 cm³/mol. The predicted octanol–water partition coefficient (Wildman–Crippen LogP) is 5.68. The SMILES string of the molecule is CC(C)=CCC/C(C)=C/CCC1=CCCC(C(=O)F)C1. The molecule has 0 saturated carbocycles. The zero-order valence-corrected chi connectivity index (χ0v) is 13.0. The third-order valence-electron chi connectivity index (χ3n) is 3.83. The van der Waals surface area contributed by atoms with E-state index in [1.165, 1.54) is 16.7 Å². The van der Waals surface area contributed by atoms with Crippen molar-refractivity contribution in [3.05, 3.63) is 34.9 Å². The summed E-state index contributed by atoms with van der Waals surface area (Å²) in [6, 6.07) is -1.14. The quantitative estimate of drug-likeness (QED) is 0.432. The van der Waals surface area contributed by atoms with Crippen LogP contribution in [-0.4, -0.2) is 6.04 Å². The van der Waals surface area contributed by atoms with Gasteiger partial charge in [-0.05, 0) is 65.7 Å². The van der Waals surface area contributed by atoms with E-state index < -0.39 is 6.04 Å². The molecule has 20 heavy (non-hydrogen) atoms. The molecule has 0 aromatic heterocycles. The smallest absolute Gasteiger partial charge is 0.261 e. The molecule has 1 atom stereocenters. The first-order chi connectivity index (χ1) is 9.49. The van der Waals surface area contributed by atoms with Gasteiger partial charge in [0.15, 0.2) is 0 Å². The highest BCUT2D eigenvalue weighted by molar-refractivity contribution is 5.71. The molecule has 1 unspecified atom stereocenters. The summed E-state index contributed by atoms with van der Waals surface area (Å²) in [7, 11) is 0. The normalized spacial score (nSPS) is 19.5. The maximum absolute atomic E-state index is 12.7. The third kappa shape index (κ3) is 6.83. The molecule has 0 saturated heterocycles. The summed E-state index contributed by atoms with van der Waals surface area (Å²) in [6.07, 6.45) is 13.0. The van der Waals surface area contributed by atoms with Crippen LogP contribution in [-0.2, 0) is 4.79 Å². The van der Waals surface area contributed by atoms with E-state index in [-0.39, 0.29) is 5.92 Å². The van der Waals surface area contributed by atoms with Gasteiger partial charge in [0.2, 0.25) is 0 Å². The van der Waals surface area contributed by atoms with Crippen LogP contribution in [0.5, 0.6) is 0 Å². The van der Waals surface area contributed by atoms with Gasteiger partial charge in [-0.15, -0.1) is 0 Å². The lowest BCUT2D eigenvalue weighted by atomic mass is 9.87. The van der Waals surface area contributed by atoms with Gasteiger partial charge >= 0.3 is 6.04 Å². The van der Waals surface area contributed by atoms with Crippen molar-refractivity contribution in [1.29, 1.82) is 0 Å². The van der Waals surface area contributed by atoms with Crippen LogP contribution in [0.2, 0.25) is 0 Å². The molecule has 0 heterocycles. The summed E-state index contributed by atoms with van der Waals surface area (Å²) in [5.74, 6) is -0.377. The fraction of sp³-hybridized carbons (Fsp3) is 0.611. The highest BCUT2D eigenvalue weighted by Gasteiger charge is 2.21. The van der Waals surface area contributed by atoms with Gasteiger partial charge in [0.25, 0.3) is 0 Å². The second kappa shape index (κ2) is 8.89. The van der Waals surface area contributed by atoms with Gasteiger partial charge in [-0.1, -0.05) is 34.9 Å². The van der Waals surface area contributed by atoms with Gasteiger partial charge in [0, 0.05) is 0 Å². The number of hydrogen-bond acceptors (Lipinski definition) is 1. The standard InChI is InChI=1S/C18H27FO/c1-14(2)7-4-8-15(3)9-5-10-16-11-6-12-17(13-16)18(19)20/h7,9,11,17H,4-6,8,10,12-13H2,1-3H3/b15-9+. The minimum atomic E-state index is -1.14. The van der Waals surface area contributed by atoms with Gasteiger partial charge in [-0.25, -0.2) is 0 Å². The first-order valence-corrected chi connectivity index (χ1v) is 7.65. The minimum absolute atomic E-state index is 0.377. The van der Waals surface area contributed by atoms with Gasteiger partial charge < -0.3 is 0 Å². The highest BCUT2D eigenvalue weighted by Crippen LogP contribution is 2.28. The Morgan fingerprint density at radius 3 is 2.70 bits per heavy atom. The fourth-order valence-electron chi connectivity index (χ4n) is 2.58. The molecule has 0 spiro atoms. The lowest BCUT2D eigenvalue weighted by Gasteiger charge is -2.18. The van der Waals surface area contributed by atoms with Crippen molar-refractivity contribution in [2.45, 2.75) is 65.7 Å². The molecule has 0 amide bonds. The highest BCUT2D eigenvalue weighted by atomic mass is 19.1. The first kappa shape index (κ1) is 16.9. The second-order valence-corrected chi connectivity index (χ2v) is 6.05. The number of carbonyl (C=O) groups is 1. The van der Waals surface area contributed by atoms with Crippen LogP contribution >= 0.6 is 0 Å². The van der Waals surface area contributed by atoms with E-state index >= 15 is 0 Å². The molecule has 112 valence electrons. The van der Waals surface area contributed by atoms with Crippen molar-refractivity contribution >= 4 is 6.04 Å². The van der Waals surface area contributed by atoms with Gasteiger partial charge in [-0.3, -0.25) is 4.79 Å². The van der Waals surface area contributed by atoms with Crippen LogP contribution < -0.4 is 0 Å². The number of rotatable bonds is 7. The van der Waals surface area contributed by atoms with Crippen molar-refractivity contribution in [1.82, 2.24) is 0 Å². The molecular weight excluding hydrogens is 251 g/mol. The van der Waals surface area contributed by atoms with Gasteiger partial charge in [-0.2, -0.15) is 4.39 Å². The van der Waals surface area contributed by atoms with E-state index in [1.54, 1.807) is 0 Å². The number of hydrogen-bond donors (Lipinski definition) is 0. The molecule has 0 aromatic carbocycles. The number of allylic oxidation sites excluding steroid dienone is 6. The lowest BCUT2D eigenvalue weighted by Crippen LogP contribution is -2.13. The summed E-state index contributed by atoms with van der Waals surface area (Å²) < 4.78 is 12.7. The Labute approximate surface area is 122 Å². The van der Waals surface area contributed by atoms with Gasteiger partial charge in [0.05, 0.1) is 5.92 Å². The maximum Gasteiger partial charge on any atom is 0.304 e. The molecule has 1 aliphatic carbocycles. The van der Waals surface area contributed by atoms with E-state index in [9.17, 15) is 9.18 Å². The molecule has 1 nitrogen and oxygen atoms in total. The van der Waals surface area contributed by atoms with E-state index in [0.29, 0.717) is 12.8 Å². The summed E-state index contributed by atoms with van der Waals surface area (Å²) in [6.45, 7) is 6.41. The Balaban J connectivity index is 2.31. The van der Waals surface area contributed by atoms with E-state index in [0.717, 1.165) is 32.1 Å². The van der Waals surface area contributed by atoms with Crippen LogP contribution in [0.3, 0.4) is 0 Å². The van der Waals surface area contributed by atoms with E-state index in [4.69, 9.17) is 0 Å². The molecule has 0 N–H and O–H groups in total. The van der Waals surface area contributed by atoms with Crippen molar-refractivity contribution < 1.29 is 9.18 Å². The van der Waals surface area contributed by atoms with E-state index in [1.807, 2.05) is 0 Å². The molecule has 0 radical (unpaired) electrons. The van der Waals surface area contributed by atoms with Crippen LogP contribution in [0.15, 0.2) is 34.9 Å². The second-order valence-electron chi connectivity index (χ2n) is 6.05. The molecule has 0 aliphatic heterocycles. The minimum Gasteiger partial charge on any atom is -0.261 e. The largest absolute Gasteiger partial charge is 0.304 e. The van der Waals surface area contributed by atoms with Crippen molar-refractivity contribution in [2.75, 3.05) is 0 Å². The zero-order valence-electron chi connectivity index (χ0n) is 13.0. The molecule has 0 bridgehead atoms. The summed E-state index contributed by atoms with van der Waals surface area (Å²) in [4.78, 5) is 10.8. The Hall–Kier alpha value is -1.18. The molecule has 0 fully saturated rings. The topological polar surface area (TPSA) is 17.1 Å². The average Bonchev–Trinajstić information content (AvgIpc) is 2.38. The summed E-state index contributed by atoms with van der Waals surface area (Å²) in [5, 5.41) is 0. The number of carbonyl (C=O) groups excluding carboxylic acids is 1. The average molecular weight is 278 g/mol. The van der Waals surface area contributed by atoms with E-state index in [2.05, 4.69) is 39.0 Å². The van der Waals surface area contributed by atoms with Crippen LogP contribution in [0.4, 0.5) is 4.39 Å². The molecule has 1 aliphatic rings. The van der Waals surface area contributed by atoms with Crippen LogP contribution in [0, 0.1) is 5.92 Å². The molecule has 1 rings (SSSR count). The van der Waals surface area contributed by atoms with Crippen LogP contribution in [0.25, 0.3) is 0 Å². The Morgan fingerprint density at radius 2 is 2.05 bits per heavy atom. The first-order valence-electron chi connectivity index (χ1n) is 7.65. The van der Waals surface area contributed by atoms with Crippen molar-refractivity contribution in [3.63, 3.8) is 0 Å². The monoisotopic (exact) mass is 278 g/mol. The molecular formula is C18H27FO. The number of halogens is 1. The Bertz CT molecular complexity index is 411. The molecule has 0 aromatic rings. The van der Waals surface area contributed by atoms with Gasteiger partial charge in [0.1, 0.15) is 0 Å². The Kier molecular flexibility index (Phi) is 7.50.